The molecule has 2 saturated heterocycles. The Kier molecular flexibility index (Phi) is 7.40. The van der Waals surface area contributed by atoms with Gasteiger partial charge < -0.3 is 14.8 Å². The molecule has 2 aliphatic heterocycles. The molecule has 4 rings (SSSR count). The summed E-state index contributed by atoms with van der Waals surface area (Å²) in [5.74, 6) is -0.183. The highest BCUT2D eigenvalue weighted by Crippen LogP contribution is 2.24. The molecular formula is C19H26N6O5S2. The predicted molar refractivity (Wildman–Crippen MR) is 117 cm³/mol. The minimum atomic E-state index is -3.65. The molecule has 1 N–H and O–H groups in total. The van der Waals surface area contributed by atoms with E-state index in [4.69, 9.17) is 9.47 Å². The van der Waals surface area contributed by atoms with Crippen molar-refractivity contribution < 1.29 is 22.7 Å². The van der Waals surface area contributed by atoms with E-state index in [-0.39, 0.29) is 22.7 Å². The number of anilines is 1. The van der Waals surface area contributed by atoms with Gasteiger partial charge in [0.2, 0.25) is 21.1 Å². The number of tetrazole rings is 1. The number of aryl methyl sites for hydroxylation is 1. The summed E-state index contributed by atoms with van der Waals surface area (Å²) in [6, 6.07) is 4.76. The van der Waals surface area contributed by atoms with Gasteiger partial charge in [-0.1, -0.05) is 17.8 Å². The van der Waals surface area contributed by atoms with Gasteiger partial charge in [0.05, 0.1) is 36.5 Å². The molecule has 1 amide bonds. The first kappa shape index (κ1) is 23.1. The molecule has 0 bridgehead atoms. The molecule has 2 fully saturated rings. The molecular weight excluding hydrogens is 456 g/mol. The van der Waals surface area contributed by atoms with Crippen LogP contribution >= 0.6 is 11.8 Å². The Morgan fingerprint density at radius 1 is 1.28 bits per heavy atom. The van der Waals surface area contributed by atoms with Gasteiger partial charge >= 0.3 is 0 Å². The summed E-state index contributed by atoms with van der Waals surface area (Å²) < 4.78 is 39.7. The zero-order valence-electron chi connectivity index (χ0n) is 17.8. The van der Waals surface area contributed by atoms with Crippen molar-refractivity contribution in [2.75, 3.05) is 44.0 Å². The molecule has 1 aromatic carbocycles. The SMILES string of the molecule is Cc1ccc(S(=O)(=O)N2CCOCC2)cc1NC(=O)CSc1nnnn1CC1CCCO1. The molecule has 0 aliphatic carbocycles. The van der Waals surface area contributed by atoms with Gasteiger partial charge in [-0.3, -0.25) is 4.79 Å². The van der Waals surface area contributed by atoms with Crippen LogP contribution in [-0.2, 0) is 30.8 Å². The Hall–Kier alpha value is -2.06. The Morgan fingerprint density at radius 2 is 2.09 bits per heavy atom. The van der Waals surface area contributed by atoms with Crippen LogP contribution < -0.4 is 5.32 Å². The van der Waals surface area contributed by atoms with Crippen molar-refractivity contribution in [1.82, 2.24) is 24.5 Å². The second-order valence-electron chi connectivity index (χ2n) is 7.61. The minimum Gasteiger partial charge on any atom is -0.379 e. The molecule has 3 heterocycles. The molecule has 11 nitrogen and oxygen atoms in total. The number of hydrogen-bond acceptors (Lipinski definition) is 9. The van der Waals surface area contributed by atoms with Gasteiger partial charge in [-0.2, -0.15) is 4.31 Å². The summed E-state index contributed by atoms with van der Waals surface area (Å²) in [5.41, 5.74) is 1.23. The van der Waals surface area contributed by atoms with E-state index in [1.807, 2.05) is 6.92 Å². The normalized spacial score (nSPS) is 19.8. The maximum atomic E-state index is 12.9. The summed E-state index contributed by atoms with van der Waals surface area (Å²) in [5, 5.41) is 15.0. The van der Waals surface area contributed by atoms with Gasteiger partial charge in [0.25, 0.3) is 0 Å². The van der Waals surface area contributed by atoms with E-state index in [9.17, 15) is 13.2 Å². The van der Waals surface area contributed by atoms with Crippen LogP contribution in [0.25, 0.3) is 0 Å². The monoisotopic (exact) mass is 482 g/mol. The number of carbonyl (C=O) groups excluding carboxylic acids is 1. The Balaban J connectivity index is 1.38. The first-order valence-electron chi connectivity index (χ1n) is 10.4. The van der Waals surface area contributed by atoms with Crippen molar-refractivity contribution in [1.29, 1.82) is 0 Å². The maximum Gasteiger partial charge on any atom is 0.243 e. The van der Waals surface area contributed by atoms with Crippen molar-refractivity contribution >= 4 is 33.4 Å². The van der Waals surface area contributed by atoms with E-state index >= 15 is 0 Å². The number of sulfonamides is 1. The number of nitrogens with zero attached hydrogens (tertiary/aromatic N) is 5. The molecule has 0 radical (unpaired) electrons. The molecule has 2 aromatic rings. The largest absolute Gasteiger partial charge is 0.379 e. The van der Waals surface area contributed by atoms with Crippen molar-refractivity contribution in [3.63, 3.8) is 0 Å². The van der Waals surface area contributed by atoms with Crippen molar-refractivity contribution in [2.24, 2.45) is 0 Å². The van der Waals surface area contributed by atoms with Gasteiger partial charge in [-0.05, 0) is 47.9 Å². The second kappa shape index (κ2) is 10.3. The number of rotatable bonds is 8. The fourth-order valence-electron chi connectivity index (χ4n) is 3.54. The molecule has 1 aromatic heterocycles. The van der Waals surface area contributed by atoms with Crippen LogP contribution in [-0.4, -0.2) is 83.6 Å². The lowest BCUT2D eigenvalue weighted by Crippen LogP contribution is -2.40. The van der Waals surface area contributed by atoms with Crippen LogP contribution in [0.3, 0.4) is 0 Å². The molecule has 0 saturated carbocycles. The Morgan fingerprint density at radius 3 is 2.84 bits per heavy atom. The van der Waals surface area contributed by atoms with Crippen LogP contribution in [0.4, 0.5) is 5.69 Å². The highest BCUT2D eigenvalue weighted by atomic mass is 32.2. The topological polar surface area (TPSA) is 129 Å². The zero-order chi connectivity index (χ0) is 22.6. The molecule has 1 atom stereocenters. The van der Waals surface area contributed by atoms with Gasteiger partial charge in [-0.15, -0.1) is 5.10 Å². The third kappa shape index (κ3) is 5.46. The molecule has 1 unspecified atom stereocenters. The van der Waals surface area contributed by atoms with Crippen molar-refractivity contribution in [2.45, 2.75) is 42.5 Å². The number of thioether (sulfide) groups is 1. The summed E-state index contributed by atoms with van der Waals surface area (Å²) in [6.45, 7) is 4.49. The van der Waals surface area contributed by atoms with Gasteiger partial charge in [-0.25, -0.2) is 13.1 Å². The zero-order valence-corrected chi connectivity index (χ0v) is 19.4. The maximum absolute atomic E-state index is 12.9. The van der Waals surface area contributed by atoms with Crippen LogP contribution in [0.5, 0.6) is 0 Å². The number of benzene rings is 1. The third-order valence-corrected chi connectivity index (χ3v) is 8.17. The van der Waals surface area contributed by atoms with Crippen molar-refractivity contribution in [3.8, 4) is 0 Å². The smallest absolute Gasteiger partial charge is 0.243 e. The van der Waals surface area contributed by atoms with E-state index < -0.39 is 10.0 Å². The predicted octanol–water partition coefficient (Wildman–Crippen LogP) is 0.912. The quantitative estimate of drug-likeness (QED) is 0.546. The lowest BCUT2D eigenvalue weighted by atomic mass is 10.2. The highest BCUT2D eigenvalue weighted by molar-refractivity contribution is 7.99. The van der Waals surface area contributed by atoms with Crippen LogP contribution in [0.1, 0.15) is 18.4 Å². The Bertz CT molecular complexity index is 1050. The van der Waals surface area contributed by atoms with E-state index in [1.54, 1.807) is 16.8 Å². The molecule has 0 spiro atoms. The summed E-state index contributed by atoms with van der Waals surface area (Å²) in [6.07, 6.45) is 2.08. The minimum absolute atomic E-state index is 0.0884. The number of morpholine rings is 1. The Labute approximate surface area is 190 Å². The number of nitrogens with one attached hydrogen (secondary N) is 1. The lowest BCUT2D eigenvalue weighted by molar-refractivity contribution is -0.113. The van der Waals surface area contributed by atoms with Gasteiger partial charge in [0, 0.05) is 25.4 Å². The van der Waals surface area contributed by atoms with Gasteiger partial charge in [0.15, 0.2) is 0 Å². The number of amides is 1. The van der Waals surface area contributed by atoms with Crippen LogP contribution in [0, 0.1) is 6.92 Å². The van der Waals surface area contributed by atoms with Crippen LogP contribution in [0.2, 0.25) is 0 Å². The highest BCUT2D eigenvalue weighted by Gasteiger charge is 2.27. The third-order valence-electron chi connectivity index (χ3n) is 5.32. The van der Waals surface area contributed by atoms with Crippen molar-refractivity contribution in [3.05, 3.63) is 23.8 Å². The number of aromatic nitrogens is 4. The molecule has 13 heteroatoms. The average molecular weight is 483 g/mol. The van der Waals surface area contributed by atoms with E-state index in [1.165, 1.54) is 22.1 Å². The molecule has 2 aliphatic rings. The summed E-state index contributed by atoms with van der Waals surface area (Å²) in [7, 11) is -3.65. The molecule has 32 heavy (non-hydrogen) atoms. The van der Waals surface area contributed by atoms with Crippen LogP contribution in [0.15, 0.2) is 28.3 Å². The van der Waals surface area contributed by atoms with Gasteiger partial charge in [0.1, 0.15) is 0 Å². The average Bonchev–Trinajstić information content (AvgIpc) is 3.47. The first-order valence-corrected chi connectivity index (χ1v) is 12.8. The summed E-state index contributed by atoms with van der Waals surface area (Å²) >= 11 is 1.22. The standard InChI is InChI=1S/C19H26N6O5S2/c1-14-4-5-16(32(27,28)24-6-9-29-10-7-24)11-17(14)20-18(26)13-31-19-21-22-23-25(19)12-15-3-2-8-30-15/h4-5,11,15H,2-3,6-10,12-13H2,1H3,(H,20,26). The van der Waals surface area contributed by atoms with E-state index in [2.05, 4.69) is 20.8 Å². The number of hydrogen-bond donors (Lipinski definition) is 1. The lowest BCUT2D eigenvalue weighted by Gasteiger charge is -2.26. The fourth-order valence-corrected chi connectivity index (χ4v) is 5.67. The second-order valence-corrected chi connectivity index (χ2v) is 10.5. The molecule has 174 valence electrons. The summed E-state index contributed by atoms with van der Waals surface area (Å²) in [4.78, 5) is 12.7. The number of carbonyl (C=O) groups is 1. The fraction of sp³-hybridized carbons (Fsp3) is 0.579. The van der Waals surface area contributed by atoms with E-state index in [0.29, 0.717) is 43.7 Å². The first-order chi connectivity index (χ1) is 15.4. The van der Waals surface area contributed by atoms with E-state index in [0.717, 1.165) is 25.0 Å². The number of ether oxygens (including phenoxy) is 2.